The predicted molar refractivity (Wildman–Crippen MR) is 117 cm³/mol. The van der Waals surface area contributed by atoms with E-state index in [4.69, 9.17) is 0 Å². The number of likely N-dealkylation sites (tertiary alicyclic amines) is 1. The maximum Gasteiger partial charge on any atom is 0.124 e. The molecule has 1 aliphatic heterocycles. The smallest absolute Gasteiger partial charge is 0.124 e. The summed E-state index contributed by atoms with van der Waals surface area (Å²) >= 11 is 0. The van der Waals surface area contributed by atoms with Gasteiger partial charge in [0.05, 0.1) is 11.9 Å². The van der Waals surface area contributed by atoms with Crippen LogP contribution < -0.4 is 0 Å². The van der Waals surface area contributed by atoms with Crippen molar-refractivity contribution in [3.63, 3.8) is 0 Å². The van der Waals surface area contributed by atoms with E-state index in [0.29, 0.717) is 6.04 Å². The first kappa shape index (κ1) is 20.3. The lowest BCUT2D eigenvalue weighted by atomic mass is 9.95. The van der Waals surface area contributed by atoms with E-state index in [9.17, 15) is 0 Å². The molecule has 2 aromatic rings. The highest BCUT2D eigenvalue weighted by Gasteiger charge is 2.24. The molecule has 0 saturated carbocycles. The maximum absolute atomic E-state index is 4.66. The lowest BCUT2D eigenvalue weighted by Crippen LogP contribution is -2.33. The lowest BCUT2D eigenvalue weighted by molar-refractivity contribution is 0.301. The van der Waals surface area contributed by atoms with Crippen LogP contribution in [0.2, 0.25) is 0 Å². The second-order valence-electron chi connectivity index (χ2n) is 7.61. The number of amidine groups is 1. The van der Waals surface area contributed by atoms with Crippen LogP contribution in [0, 0.1) is 0 Å². The fourth-order valence-corrected chi connectivity index (χ4v) is 3.72. The molecule has 1 aromatic heterocycles. The van der Waals surface area contributed by atoms with Gasteiger partial charge in [-0.15, -0.1) is 5.10 Å². The molecule has 0 bridgehead atoms. The van der Waals surface area contributed by atoms with Crippen molar-refractivity contribution in [3.8, 4) is 11.1 Å². The Hall–Kier alpha value is -2.47. The molecule has 1 aromatic carbocycles. The molecule has 0 radical (unpaired) electrons. The van der Waals surface area contributed by atoms with Crippen LogP contribution in [-0.2, 0) is 6.42 Å². The van der Waals surface area contributed by atoms with Crippen molar-refractivity contribution < 1.29 is 0 Å². The fraction of sp³-hybridized carbons (Fsp3) is 0.500. The monoisotopic (exact) mass is 380 g/mol. The van der Waals surface area contributed by atoms with Gasteiger partial charge in [-0.3, -0.25) is 5.10 Å². The van der Waals surface area contributed by atoms with Crippen LogP contribution >= 0.6 is 0 Å². The molecule has 3 rings (SSSR count). The molecule has 1 aliphatic rings. The average Bonchev–Trinajstić information content (AvgIpc) is 3.40. The van der Waals surface area contributed by atoms with E-state index in [1.54, 1.807) is 0 Å². The normalized spacial score (nSPS) is 18.4. The molecule has 1 saturated heterocycles. The molecular weight excluding hydrogens is 348 g/mol. The van der Waals surface area contributed by atoms with Crippen molar-refractivity contribution >= 4 is 11.5 Å². The van der Waals surface area contributed by atoms with Gasteiger partial charge in [-0.25, -0.2) is 0 Å². The van der Waals surface area contributed by atoms with Crippen molar-refractivity contribution in [3.05, 3.63) is 41.7 Å². The quantitative estimate of drug-likeness (QED) is 0.471. The molecule has 2 heterocycles. The minimum Gasteiger partial charge on any atom is -0.357 e. The topological polar surface area (TPSA) is 59.9 Å². The zero-order valence-electron chi connectivity index (χ0n) is 17.7. The van der Waals surface area contributed by atoms with Gasteiger partial charge in [-0.1, -0.05) is 32.0 Å². The molecule has 6 heteroatoms. The zero-order chi connectivity index (χ0) is 20.1. The van der Waals surface area contributed by atoms with Crippen molar-refractivity contribution in [2.45, 2.75) is 46.1 Å². The first-order valence-corrected chi connectivity index (χ1v) is 10.2. The highest BCUT2D eigenvalue weighted by Crippen LogP contribution is 2.23. The number of benzene rings is 1. The van der Waals surface area contributed by atoms with Gasteiger partial charge in [0.1, 0.15) is 5.84 Å². The third-order valence-electron chi connectivity index (χ3n) is 5.63. The molecular formula is C22H32N6. The Morgan fingerprint density at radius 3 is 2.68 bits per heavy atom. The van der Waals surface area contributed by atoms with Crippen molar-refractivity contribution in [1.29, 1.82) is 0 Å². The third-order valence-corrected chi connectivity index (χ3v) is 5.63. The highest BCUT2D eigenvalue weighted by atomic mass is 15.3. The molecule has 6 nitrogen and oxygen atoms in total. The van der Waals surface area contributed by atoms with Crippen LogP contribution in [0.1, 0.15) is 44.7 Å². The van der Waals surface area contributed by atoms with Gasteiger partial charge in [-0.05, 0) is 51.4 Å². The fourth-order valence-electron chi connectivity index (χ4n) is 3.72. The summed E-state index contributed by atoms with van der Waals surface area (Å²) in [5, 5.41) is 16.2. The van der Waals surface area contributed by atoms with E-state index >= 15 is 0 Å². The molecule has 0 spiro atoms. The molecule has 0 amide bonds. The Balaban J connectivity index is 1.82. The number of aromatic amines is 1. The van der Waals surface area contributed by atoms with E-state index in [1.807, 2.05) is 12.4 Å². The minimum atomic E-state index is 0.599. The number of likely N-dealkylation sites (N-methyl/N-ethyl adjacent to an activating group) is 1. The van der Waals surface area contributed by atoms with Gasteiger partial charge >= 0.3 is 0 Å². The molecule has 1 unspecified atom stereocenters. The lowest BCUT2D eigenvalue weighted by Gasteiger charge is -2.20. The van der Waals surface area contributed by atoms with Gasteiger partial charge in [0.25, 0.3) is 0 Å². The maximum atomic E-state index is 4.66. The summed E-state index contributed by atoms with van der Waals surface area (Å²) in [5.74, 6) is 1.00. The molecule has 0 aliphatic carbocycles. The highest BCUT2D eigenvalue weighted by molar-refractivity contribution is 6.02. The summed E-state index contributed by atoms with van der Waals surface area (Å²) in [4.78, 5) is 4.63. The Morgan fingerprint density at radius 2 is 2.07 bits per heavy atom. The number of aromatic nitrogens is 2. The molecule has 28 heavy (non-hydrogen) atoms. The predicted octanol–water partition coefficient (Wildman–Crippen LogP) is 3.81. The Kier molecular flexibility index (Phi) is 6.62. The molecule has 150 valence electrons. The van der Waals surface area contributed by atoms with Crippen LogP contribution in [-0.4, -0.2) is 64.8 Å². The van der Waals surface area contributed by atoms with Crippen LogP contribution in [0.25, 0.3) is 11.1 Å². The van der Waals surface area contributed by atoms with Crippen LogP contribution in [0.15, 0.2) is 40.8 Å². The van der Waals surface area contributed by atoms with Gasteiger partial charge in [-0.2, -0.15) is 10.2 Å². The number of H-pyrrole nitrogens is 1. The van der Waals surface area contributed by atoms with Crippen molar-refractivity contribution in [2.24, 2.45) is 10.2 Å². The van der Waals surface area contributed by atoms with E-state index in [-0.39, 0.29) is 0 Å². The summed E-state index contributed by atoms with van der Waals surface area (Å²) in [7, 11) is 4.29. The van der Waals surface area contributed by atoms with Gasteiger partial charge in [0.2, 0.25) is 0 Å². The third kappa shape index (κ3) is 4.50. The molecule has 1 fully saturated rings. The van der Waals surface area contributed by atoms with Crippen LogP contribution in [0.5, 0.6) is 0 Å². The van der Waals surface area contributed by atoms with E-state index in [2.05, 4.69) is 83.3 Å². The second kappa shape index (κ2) is 9.15. The largest absolute Gasteiger partial charge is 0.357 e. The van der Waals surface area contributed by atoms with Crippen molar-refractivity contribution in [1.82, 2.24) is 20.0 Å². The number of hydrogen-bond donors (Lipinski definition) is 1. The van der Waals surface area contributed by atoms with Gasteiger partial charge < -0.3 is 9.80 Å². The number of hydrogen-bond acceptors (Lipinski definition) is 4. The Bertz CT molecular complexity index is 835. The molecule has 1 N–H and O–H groups in total. The Labute approximate surface area is 168 Å². The summed E-state index contributed by atoms with van der Waals surface area (Å²) in [6.45, 7) is 8.47. The van der Waals surface area contributed by atoms with E-state index in [1.165, 1.54) is 23.1 Å². The number of aryl methyl sites for hydroxylation is 1. The summed E-state index contributed by atoms with van der Waals surface area (Å²) < 4.78 is 0. The van der Waals surface area contributed by atoms with Crippen LogP contribution in [0.4, 0.5) is 0 Å². The summed E-state index contributed by atoms with van der Waals surface area (Å²) in [5.41, 5.74) is 5.81. The van der Waals surface area contributed by atoms with Gasteiger partial charge in [0.15, 0.2) is 0 Å². The SMILES string of the molecule is CC/C(=N\N=C(/C)N1CCC(N(C)C)C1)c1ccc(-c2cn[nH]c2)cc1CC. The second-order valence-corrected chi connectivity index (χ2v) is 7.61. The molecule has 1 atom stereocenters. The first-order valence-electron chi connectivity index (χ1n) is 10.2. The van der Waals surface area contributed by atoms with Gasteiger partial charge in [0, 0.05) is 36.5 Å². The Morgan fingerprint density at radius 1 is 1.25 bits per heavy atom. The average molecular weight is 381 g/mol. The number of nitrogens with zero attached hydrogens (tertiary/aromatic N) is 5. The standard InChI is InChI=1S/C22H32N6/c1-6-17-12-18(19-13-23-24-14-19)8-9-21(17)22(7-2)26-25-16(3)28-11-10-20(15-28)27(4)5/h8-9,12-14,20H,6-7,10-11,15H2,1-5H3,(H,23,24)/b25-16+,26-22+. The summed E-state index contributed by atoms with van der Waals surface area (Å²) in [6, 6.07) is 7.15. The number of rotatable bonds is 6. The first-order chi connectivity index (χ1) is 13.5. The van der Waals surface area contributed by atoms with Crippen LogP contribution in [0.3, 0.4) is 0 Å². The number of nitrogens with one attached hydrogen (secondary N) is 1. The summed E-state index contributed by atoms with van der Waals surface area (Å²) in [6.07, 6.45) is 6.77. The van der Waals surface area contributed by atoms with E-state index in [0.717, 1.165) is 43.0 Å². The minimum absolute atomic E-state index is 0.599. The zero-order valence-corrected chi connectivity index (χ0v) is 17.7. The van der Waals surface area contributed by atoms with E-state index < -0.39 is 0 Å². The van der Waals surface area contributed by atoms with Crippen molar-refractivity contribution in [2.75, 3.05) is 27.2 Å².